The summed E-state index contributed by atoms with van der Waals surface area (Å²) in [6.07, 6.45) is 4.43. The lowest BCUT2D eigenvalue weighted by Crippen LogP contribution is -2.44. The molecule has 1 aliphatic rings. The van der Waals surface area contributed by atoms with Gasteiger partial charge < -0.3 is 15.0 Å². The van der Waals surface area contributed by atoms with Crippen LogP contribution in [-0.2, 0) is 22.6 Å². The molecule has 36 heavy (non-hydrogen) atoms. The third-order valence-corrected chi connectivity index (χ3v) is 6.89. The molecule has 1 saturated heterocycles. The first-order valence-electron chi connectivity index (χ1n) is 11.5. The number of amides is 2. The Hall–Kier alpha value is -4.05. The molecule has 0 aliphatic carbocycles. The summed E-state index contributed by atoms with van der Waals surface area (Å²) in [6.45, 7) is 0.485. The van der Waals surface area contributed by atoms with Crippen molar-refractivity contribution in [2.45, 2.75) is 25.4 Å². The fourth-order valence-electron chi connectivity index (χ4n) is 4.32. The molecule has 2 unspecified atom stereocenters. The molecule has 2 aromatic heterocycles. The van der Waals surface area contributed by atoms with Gasteiger partial charge in [-0.1, -0.05) is 6.07 Å². The lowest BCUT2D eigenvalue weighted by atomic mass is 10.0. The van der Waals surface area contributed by atoms with Crippen LogP contribution in [0, 0.1) is 11.7 Å². The molecule has 3 heterocycles. The van der Waals surface area contributed by atoms with Crippen LogP contribution >= 0.6 is 11.3 Å². The summed E-state index contributed by atoms with van der Waals surface area (Å²) < 4.78 is 18.8. The van der Waals surface area contributed by atoms with E-state index in [1.165, 1.54) is 34.2 Å². The predicted molar refractivity (Wildman–Crippen MR) is 133 cm³/mol. The Morgan fingerprint density at radius 2 is 1.72 bits per heavy atom. The number of nitrogens with zero attached hydrogens (tertiary/aromatic N) is 4. The van der Waals surface area contributed by atoms with E-state index in [2.05, 4.69) is 21.6 Å². The van der Waals surface area contributed by atoms with Gasteiger partial charge in [0.05, 0.1) is 12.4 Å². The molecule has 0 saturated carbocycles. The van der Waals surface area contributed by atoms with Crippen molar-refractivity contribution >= 4 is 28.8 Å². The minimum absolute atomic E-state index is 0.0159. The van der Waals surface area contributed by atoms with E-state index < -0.39 is 6.04 Å². The quantitative estimate of drug-likeness (QED) is 0.384. The largest absolute Gasteiger partial charge is 0.457 e. The van der Waals surface area contributed by atoms with Crippen molar-refractivity contribution in [2.75, 3.05) is 11.9 Å². The van der Waals surface area contributed by atoms with E-state index in [4.69, 9.17) is 4.74 Å². The molecular formula is C26H24FN5O3S. The molecule has 4 aromatic rings. The lowest BCUT2D eigenvalue weighted by Gasteiger charge is -2.23. The molecule has 5 rings (SSSR count). The van der Waals surface area contributed by atoms with Crippen molar-refractivity contribution in [3.05, 3.63) is 89.1 Å². The second-order valence-corrected chi connectivity index (χ2v) is 9.61. The van der Waals surface area contributed by atoms with Crippen LogP contribution in [-0.4, -0.2) is 44.3 Å². The van der Waals surface area contributed by atoms with Gasteiger partial charge in [0.15, 0.2) is 0 Å². The third-order valence-electron chi connectivity index (χ3n) is 6.00. The molecule has 1 aliphatic heterocycles. The van der Waals surface area contributed by atoms with Gasteiger partial charge in [0.2, 0.25) is 11.8 Å². The van der Waals surface area contributed by atoms with Crippen molar-refractivity contribution in [2.24, 2.45) is 5.92 Å². The van der Waals surface area contributed by atoms with Gasteiger partial charge in [-0.05, 0) is 78.7 Å². The highest BCUT2D eigenvalue weighted by Crippen LogP contribution is 2.30. The summed E-state index contributed by atoms with van der Waals surface area (Å²) in [4.78, 5) is 30.6. The highest BCUT2D eigenvalue weighted by Gasteiger charge is 2.39. The van der Waals surface area contributed by atoms with Crippen LogP contribution < -0.4 is 10.1 Å². The summed E-state index contributed by atoms with van der Waals surface area (Å²) in [7, 11) is 0. The molecule has 0 radical (unpaired) electrons. The maximum Gasteiger partial charge on any atom is 0.247 e. The van der Waals surface area contributed by atoms with Gasteiger partial charge in [-0.25, -0.2) is 4.39 Å². The average Bonchev–Trinajstić information content (AvgIpc) is 3.65. The Morgan fingerprint density at radius 3 is 2.39 bits per heavy atom. The van der Waals surface area contributed by atoms with Crippen LogP contribution in [0.4, 0.5) is 10.1 Å². The average molecular weight is 506 g/mol. The van der Waals surface area contributed by atoms with Crippen LogP contribution in [0.5, 0.6) is 11.5 Å². The van der Waals surface area contributed by atoms with E-state index in [0.717, 1.165) is 6.42 Å². The zero-order valence-electron chi connectivity index (χ0n) is 19.3. The zero-order chi connectivity index (χ0) is 24.9. The monoisotopic (exact) mass is 505 g/mol. The van der Waals surface area contributed by atoms with Crippen molar-refractivity contribution in [3.8, 4) is 11.5 Å². The van der Waals surface area contributed by atoms with Gasteiger partial charge in [-0.15, -0.1) is 11.3 Å². The normalized spacial score (nSPS) is 17.2. The Balaban J connectivity index is 1.25. The summed E-state index contributed by atoms with van der Waals surface area (Å²) >= 11 is 1.68. The molecule has 2 aromatic carbocycles. The lowest BCUT2D eigenvalue weighted by molar-refractivity contribution is -0.137. The maximum absolute atomic E-state index is 13.3. The van der Waals surface area contributed by atoms with E-state index >= 15 is 0 Å². The minimum Gasteiger partial charge on any atom is -0.457 e. The predicted octanol–water partition coefficient (Wildman–Crippen LogP) is 4.37. The zero-order valence-corrected chi connectivity index (χ0v) is 20.1. The van der Waals surface area contributed by atoms with E-state index in [1.54, 1.807) is 52.6 Å². The van der Waals surface area contributed by atoms with Crippen LogP contribution in [0.15, 0.2) is 78.4 Å². The van der Waals surface area contributed by atoms with Crippen molar-refractivity contribution in [1.29, 1.82) is 0 Å². The summed E-state index contributed by atoms with van der Waals surface area (Å²) in [5, 5.41) is 13.0. The van der Waals surface area contributed by atoms with E-state index in [0.29, 0.717) is 30.2 Å². The number of anilines is 1. The number of rotatable bonds is 8. The molecule has 2 atom stereocenters. The number of carbonyl (C=O) groups is 2. The molecule has 1 fully saturated rings. The van der Waals surface area contributed by atoms with Crippen molar-refractivity contribution in [3.63, 3.8) is 0 Å². The number of hydrogen-bond donors (Lipinski definition) is 1. The summed E-state index contributed by atoms with van der Waals surface area (Å²) in [6, 6.07) is 16.1. The SMILES string of the molecule is O=C(Nc1ccc(Oc2ccc(F)cc2)cc1)C1CC(Cc2cccs2)CN1C(=O)Cn1nccn1. The standard InChI is InChI=1S/C26H24FN5O3S/c27-19-3-7-21(8-4-19)35-22-9-5-20(6-10-22)30-26(34)24-15-18(14-23-2-1-13-36-23)16-31(24)25(33)17-32-28-11-12-29-32/h1-13,18,24H,14-17H2,(H,30,34). The first-order chi connectivity index (χ1) is 17.5. The van der Waals surface area contributed by atoms with Crippen molar-refractivity contribution in [1.82, 2.24) is 19.9 Å². The highest BCUT2D eigenvalue weighted by atomic mass is 32.1. The topological polar surface area (TPSA) is 89.4 Å². The number of aromatic nitrogens is 3. The molecule has 184 valence electrons. The second-order valence-electron chi connectivity index (χ2n) is 8.58. The Labute approximate surface area is 211 Å². The first-order valence-corrected chi connectivity index (χ1v) is 12.4. The fourth-order valence-corrected chi connectivity index (χ4v) is 5.14. The van der Waals surface area contributed by atoms with Crippen molar-refractivity contribution < 1.29 is 18.7 Å². The molecule has 0 bridgehead atoms. The summed E-state index contributed by atoms with van der Waals surface area (Å²) in [5.74, 6) is 0.483. The molecule has 8 nitrogen and oxygen atoms in total. The molecular weight excluding hydrogens is 481 g/mol. The number of hydrogen-bond acceptors (Lipinski definition) is 6. The van der Waals surface area contributed by atoms with Gasteiger partial charge >= 0.3 is 0 Å². The number of ether oxygens (including phenoxy) is 1. The first kappa shape index (κ1) is 23.7. The number of carbonyl (C=O) groups excluding carboxylic acids is 2. The number of thiophene rings is 1. The number of benzene rings is 2. The van der Waals surface area contributed by atoms with Crippen LogP contribution in [0.3, 0.4) is 0 Å². The Morgan fingerprint density at radius 1 is 1.03 bits per heavy atom. The molecule has 1 N–H and O–H groups in total. The van der Waals surface area contributed by atoms with Gasteiger partial charge in [-0.3, -0.25) is 9.59 Å². The third kappa shape index (κ3) is 5.77. The number of halogens is 1. The minimum atomic E-state index is -0.590. The maximum atomic E-state index is 13.3. The van der Waals surface area contributed by atoms with E-state index in [1.807, 2.05) is 11.4 Å². The van der Waals surface area contributed by atoms with E-state index in [9.17, 15) is 14.0 Å². The van der Waals surface area contributed by atoms with Gasteiger partial charge in [-0.2, -0.15) is 15.0 Å². The van der Waals surface area contributed by atoms with E-state index in [-0.39, 0.29) is 30.1 Å². The molecule has 0 spiro atoms. The smallest absolute Gasteiger partial charge is 0.247 e. The van der Waals surface area contributed by atoms with Gasteiger partial charge in [0.25, 0.3) is 0 Å². The van der Waals surface area contributed by atoms with Crippen LogP contribution in [0.25, 0.3) is 0 Å². The number of likely N-dealkylation sites (tertiary alicyclic amines) is 1. The van der Waals surface area contributed by atoms with Crippen LogP contribution in [0.2, 0.25) is 0 Å². The Bertz CT molecular complexity index is 1290. The number of nitrogens with one attached hydrogen (secondary N) is 1. The van der Waals surface area contributed by atoms with Crippen LogP contribution in [0.1, 0.15) is 11.3 Å². The molecule has 10 heteroatoms. The molecule has 2 amide bonds. The highest BCUT2D eigenvalue weighted by molar-refractivity contribution is 7.09. The van der Waals surface area contributed by atoms with Gasteiger partial charge in [0, 0.05) is 17.1 Å². The van der Waals surface area contributed by atoms with Gasteiger partial charge in [0.1, 0.15) is 29.9 Å². The fraction of sp³-hybridized carbons (Fsp3) is 0.231. The Kier molecular flexibility index (Phi) is 7.03. The second kappa shape index (κ2) is 10.7. The summed E-state index contributed by atoms with van der Waals surface area (Å²) in [5.41, 5.74) is 0.592.